The first kappa shape index (κ1) is 27.2. The highest BCUT2D eigenvalue weighted by Gasteiger charge is 2.14. The molecule has 0 bridgehead atoms. The minimum absolute atomic E-state index is 0. The van der Waals surface area contributed by atoms with E-state index in [1.807, 2.05) is 30.7 Å². The van der Waals surface area contributed by atoms with Crippen LogP contribution < -0.4 is 15.4 Å². The lowest BCUT2D eigenvalue weighted by Crippen LogP contribution is -2.43. The third-order valence-electron chi connectivity index (χ3n) is 5.14. The molecule has 1 atom stereocenters. The number of ether oxygens (including phenoxy) is 1. The summed E-state index contributed by atoms with van der Waals surface area (Å²) in [4.78, 5) is 4.76. The summed E-state index contributed by atoms with van der Waals surface area (Å²) in [6.45, 7) is 12.3. The van der Waals surface area contributed by atoms with Crippen molar-refractivity contribution in [3.05, 3.63) is 41.5 Å². The molecule has 1 heterocycles. The van der Waals surface area contributed by atoms with Gasteiger partial charge in [0.2, 0.25) is 0 Å². The predicted octanol–water partition coefficient (Wildman–Crippen LogP) is 4.24. The fourth-order valence-electron chi connectivity index (χ4n) is 2.96. The smallest absolute Gasteiger partial charge is 0.191 e. The average molecular weight is 543 g/mol. The molecule has 1 aromatic heterocycles. The van der Waals surface area contributed by atoms with Crippen LogP contribution in [0.1, 0.15) is 57.7 Å². The highest BCUT2D eigenvalue weighted by Crippen LogP contribution is 2.21. The zero-order valence-corrected chi connectivity index (χ0v) is 22.4. The van der Waals surface area contributed by atoms with Crippen molar-refractivity contribution in [2.24, 2.45) is 17.5 Å². The van der Waals surface area contributed by atoms with Crippen LogP contribution in [0.2, 0.25) is 0 Å². The second kappa shape index (κ2) is 12.9. The molecule has 0 amide bonds. The van der Waals surface area contributed by atoms with Crippen molar-refractivity contribution >= 4 is 29.9 Å². The van der Waals surface area contributed by atoms with Crippen LogP contribution >= 0.6 is 24.0 Å². The molecule has 8 heteroatoms. The van der Waals surface area contributed by atoms with Crippen LogP contribution in [-0.2, 0) is 20.0 Å². The van der Waals surface area contributed by atoms with Crippen LogP contribution in [0.15, 0.2) is 29.3 Å². The van der Waals surface area contributed by atoms with Gasteiger partial charge in [0, 0.05) is 19.6 Å². The lowest BCUT2D eigenvalue weighted by Gasteiger charge is -2.23. The highest BCUT2D eigenvalue weighted by molar-refractivity contribution is 14.0. The van der Waals surface area contributed by atoms with Gasteiger partial charge in [0.15, 0.2) is 11.8 Å². The summed E-state index contributed by atoms with van der Waals surface area (Å²) in [6, 6.07) is 8.51. The zero-order valence-electron chi connectivity index (χ0n) is 20.0. The van der Waals surface area contributed by atoms with Gasteiger partial charge in [0.1, 0.15) is 18.1 Å². The van der Waals surface area contributed by atoms with Crippen molar-refractivity contribution in [1.82, 2.24) is 25.4 Å². The number of rotatable bonds is 9. The maximum absolute atomic E-state index is 5.23. The predicted molar refractivity (Wildman–Crippen MR) is 138 cm³/mol. The average Bonchev–Trinajstić information content (AvgIpc) is 3.02. The summed E-state index contributed by atoms with van der Waals surface area (Å²) in [6.07, 6.45) is 3.15. The van der Waals surface area contributed by atoms with E-state index in [0.29, 0.717) is 18.0 Å². The van der Waals surface area contributed by atoms with E-state index in [4.69, 9.17) is 9.73 Å². The van der Waals surface area contributed by atoms with Crippen molar-refractivity contribution in [2.75, 3.05) is 13.7 Å². The Kier molecular flexibility index (Phi) is 11.3. The summed E-state index contributed by atoms with van der Waals surface area (Å²) in [5.41, 5.74) is 1.58. The summed E-state index contributed by atoms with van der Waals surface area (Å²) < 4.78 is 7.20. The first-order valence-corrected chi connectivity index (χ1v) is 10.7. The van der Waals surface area contributed by atoms with E-state index in [0.717, 1.165) is 49.2 Å². The Balaban J connectivity index is 0.00000480. The Bertz CT molecular complexity index is 810. The molecule has 0 saturated carbocycles. The molecule has 0 fully saturated rings. The Morgan fingerprint density at radius 2 is 1.87 bits per heavy atom. The number of aromatic nitrogens is 3. The molecule has 2 N–H and O–H groups in total. The maximum Gasteiger partial charge on any atom is 0.191 e. The largest absolute Gasteiger partial charge is 0.497 e. The Morgan fingerprint density at radius 3 is 2.42 bits per heavy atom. The number of nitrogens with zero attached hydrogens (tertiary/aromatic N) is 4. The summed E-state index contributed by atoms with van der Waals surface area (Å²) in [7, 11) is 3.65. The van der Waals surface area contributed by atoms with E-state index in [2.05, 4.69) is 60.7 Å². The Labute approximate surface area is 204 Å². The van der Waals surface area contributed by atoms with Gasteiger partial charge in [-0.15, -0.1) is 34.2 Å². The van der Waals surface area contributed by atoms with E-state index in [1.54, 1.807) is 7.11 Å². The Morgan fingerprint density at radius 1 is 1.19 bits per heavy atom. The molecule has 0 saturated heterocycles. The lowest BCUT2D eigenvalue weighted by atomic mass is 9.89. The van der Waals surface area contributed by atoms with Crippen molar-refractivity contribution in [1.29, 1.82) is 0 Å². The van der Waals surface area contributed by atoms with Crippen LogP contribution in [0, 0.1) is 12.3 Å². The van der Waals surface area contributed by atoms with E-state index in [1.165, 1.54) is 5.56 Å². The van der Waals surface area contributed by atoms with Gasteiger partial charge in [-0.2, -0.15) is 0 Å². The third-order valence-corrected chi connectivity index (χ3v) is 5.14. The summed E-state index contributed by atoms with van der Waals surface area (Å²) >= 11 is 0. The Hall–Kier alpha value is -1.84. The van der Waals surface area contributed by atoms with Crippen LogP contribution in [0.25, 0.3) is 0 Å². The van der Waals surface area contributed by atoms with Crippen molar-refractivity contribution < 1.29 is 4.74 Å². The van der Waals surface area contributed by atoms with Gasteiger partial charge in [0.05, 0.1) is 7.11 Å². The van der Waals surface area contributed by atoms with Gasteiger partial charge in [0.25, 0.3) is 0 Å². The fraction of sp³-hybridized carbons (Fsp3) is 0.609. The van der Waals surface area contributed by atoms with Gasteiger partial charge in [-0.3, -0.25) is 0 Å². The topological polar surface area (TPSA) is 76.4 Å². The zero-order chi connectivity index (χ0) is 22.1. The standard InChI is InChI=1S/C23H38N6O.HI/c1-17(12-14-23(3,4)5)26-22(25-16-21-28-27-18(2)29(21)6)24-15-13-19-8-10-20(30-7)11-9-19;/h8-11,17H,12-16H2,1-7H3,(H2,24,25,26);1H. The number of hydrogen-bond acceptors (Lipinski definition) is 4. The number of aliphatic imine (C=N–C) groups is 1. The number of benzene rings is 1. The van der Waals surface area contributed by atoms with Crippen LogP contribution in [0.3, 0.4) is 0 Å². The van der Waals surface area contributed by atoms with Crippen LogP contribution in [0.4, 0.5) is 0 Å². The molecule has 2 rings (SSSR count). The van der Waals surface area contributed by atoms with Gasteiger partial charge in [-0.25, -0.2) is 4.99 Å². The fourth-order valence-corrected chi connectivity index (χ4v) is 2.96. The first-order valence-electron chi connectivity index (χ1n) is 10.7. The van der Waals surface area contributed by atoms with Gasteiger partial charge in [-0.1, -0.05) is 32.9 Å². The summed E-state index contributed by atoms with van der Waals surface area (Å²) in [5.74, 6) is 3.43. The highest BCUT2D eigenvalue weighted by atomic mass is 127. The molecule has 0 aliphatic heterocycles. The molecule has 0 aliphatic rings. The number of halogens is 1. The molecular weight excluding hydrogens is 503 g/mol. The molecule has 174 valence electrons. The SMILES string of the molecule is COc1ccc(CCNC(=NCc2nnc(C)n2C)NC(C)CCC(C)(C)C)cc1.I. The summed E-state index contributed by atoms with van der Waals surface area (Å²) in [5, 5.41) is 15.4. The quantitative estimate of drug-likeness (QED) is 0.282. The first-order chi connectivity index (χ1) is 14.2. The molecular formula is C23H39IN6O. The molecule has 0 radical (unpaired) electrons. The van der Waals surface area contributed by atoms with E-state index < -0.39 is 0 Å². The molecule has 0 aliphatic carbocycles. The second-order valence-electron chi connectivity index (χ2n) is 9.06. The number of methoxy groups -OCH3 is 1. The van der Waals surface area contributed by atoms with Crippen LogP contribution in [-0.4, -0.2) is 40.4 Å². The van der Waals surface area contributed by atoms with Crippen molar-refractivity contribution in [3.63, 3.8) is 0 Å². The molecule has 31 heavy (non-hydrogen) atoms. The maximum atomic E-state index is 5.23. The normalized spacial score (nSPS) is 12.8. The molecule has 7 nitrogen and oxygen atoms in total. The van der Waals surface area contributed by atoms with E-state index in [9.17, 15) is 0 Å². The third kappa shape index (κ3) is 9.88. The molecule has 2 aromatic rings. The second-order valence-corrected chi connectivity index (χ2v) is 9.06. The molecule has 0 spiro atoms. The van der Waals surface area contributed by atoms with Gasteiger partial charge >= 0.3 is 0 Å². The lowest BCUT2D eigenvalue weighted by molar-refractivity contribution is 0.346. The minimum atomic E-state index is 0. The van der Waals surface area contributed by atoms with Crippen molar-refractivity contribution in [2.45, 2.75) is 66.5 Å². The number of nitrogens with one attached hydrogen (secondary N) is 2. The number of aryl methyl sites for hydroxylation is 1. The van der Waals surface area contributed by atoms with Gasteiger partial charge in [-0.05, 0) is 56.2 Å². The van der Waals surface area contributed by atoms with Crippen LogP contribution in [0.5, 0.6) is 5.75 Å². The number of guanidine groups is 1. The van der Waals surface area contributed by atoms with E-state index in [-0.39, 0.29) is 24.0 Å². The minimum Gasteiger partial charge on any atom is -0.497 e. The molecule has 1 unspecified atom stereocenters. The number of hydrogen-bond donors (Lipinski definition) is 2. The molecule has 1 aromatic carbocycles. The van der Waals surface area contributed by atoms with Crippen molar-refractivity contribution in [3.8, 4) is 5.75 Å². The monoisotopic (exact) mass is 542 g/mol. The van der Waals surface area contributed by atoms with E-state index >= 15 is 0 Å². The van der Waals surface area contributed by atoms with Gasteiger partial charge < -0.3 is 19.9 Å².